The van der Waals surface area contributed by atoms with Crippen LogP contribution in [0.15, 0.2) is 24.9 Å². The molecule has 3 aromatic heterocycles. The second kappa shape index (κ2) is 7.71. The second-order valence-corrected chi connectivity index (χ2v) is 8.13. The number of halogens is 1. The molecular formula is C20H23ClN8O. The lowest BCUT2D eigenvalue weighted by atomic mass is 10.2. The summed E-state index contributed by atoms with van der Waals surface area (Å²) in [5.41, 5.74) is 2.20. The van der Waals surface area contributed by atoms with Gasteiger partial charge in [0.25, 0.3) is 5.91 Å². The minimum Gasteiger partial charge on any atom is -0.352 e. The number of nitrogens with zero attached hydrogens (tertiary/aromatic N) is 8. The third-order valence-corrected chi connectivity index (χ3v) is 6.10. The van der Waals surface area contributed by atoms with E-state index in [0.717, 1.165) is 74.9 Å². The molecule has 0 radical (unpaired) electrons. The van der Waals surface area contributed by atoms with E-state index in [1.807, 2.05) is 16.5 Å². The summed E-state index contributed by atoms with van der Waals surface area (Å²) < 4.78 is 1.89. The van der Waals surface area contributed by atoms with Gasteiger partial charge >= 0.3 is 0 Å². The van der Waals surface area contributed by atoms with Crippen LogP contribution in [0.1, 0.15) is 23.2 Å². The Morgan fingerprint density at radius 1 is 0.933 bits per heavy atom. The third kappa shape index (κ3) is 3.32. The Bertz CT molecular complexity index is 1090. The number of hydrogen-bond donors (Lipinski definition) is 0. The number of likely N-dealkylation sites (tertiary alicyclic amines) is 1. The summed E-state index contributed by atoms with van der Waals surface area (Å²) in [5, 5.41) is 0.516. The van der Waals surface area contributed by atoms with Crippen molar-refractivity contribution >= 4 is 40.3 Å². The highest BCUT2D eigenvalue weighted by Gasteiger charge is 2.25. The van der Waals surface area contributed by atoms with Crippen LogP contribution in [0.5, 0.6) is 0 Å². The fraction of sp³-hybridized carbons (Fsp3) is 0.450. The first kappa shape index (κ1) is 19.0. The molecule has 0 atom stereocenters. The summed E-state index contributed by atoms with van der Waals surface area (Å²) in [6.07, 6.45) is 7.11. The Morgan fingerprint density at radius 3 is 2.33 bits per heavy atom. The van der Waals surface area contributed by atoms with Crippen molar-refractivity contribution in [1.29, 1.82) is 0 Å². The maximum atomic E-state index is 12.6. The van der Waals surface area contributed by atoms with Crippen LogP contribution in [0.25, 0.3) is 11.2 Å². The van der Waals surface area contributed by atoms with E-state index >= 15 is 0 Å². The van der Waals surface area contributed by atoms with E-state index in [9.17, 15) is 4.79 Å². The number of aryl methyl sites for hydroxylation is 1. The number of carbonyl (C=O) groups is 1. The van der Waals surface area contributed by atoms with Gasteiger partial charge in [0.2, 0.25) is 0 Å². The van der Waals surface area contributed by atoms with Crippen molar-refractivity contribution in [3.8, 4) is 0 Å². The number of fused-ring (bicyclic) bond motifs is 1. The number of piperazine rings is 1. The number of imidazole rings is 1. The van der Waals surface area contributed by atoms with E-state index in [1.54, 1.807) is 24.9 Å². The molecule has 2 aliphatic heterocycles. The average molecular weight is 427 g/mol. The van der Waals surface area contributed by atoms with E-state index < -0.39 is 0 Å². The highest BCUT2D eigenvalue weighted by atomic mass is 35.5. The molecule has 0 bridgehead atoms. The smallest absolute Gasteiger partial charge is 0.255 e. The van der Waals surface area contributed by atoms with Crippen molar-refractivity contribution in [3.05, 3.63) is 35.5 Å². The number of anilines is 2. The highest BCUT2D eigenvalue weighted by molar-refractivity contribution is 6.33. The number of pyridine rings is 1. The quantitative estimate of drug-likeness (QED) is 0.633. The Labute approximate surface area is 179 Å². The van der Waals surface area contributed by atoms with Crippen LogP contribution in [-0.2, 0) is 7.05 Å². The molecule has 1 amide bonds. The molecule has 2 aliphatic rings. The lowest BCUT2D eigenvalue weighted by Gasteiger charge is -2.36. The zero-order valence-electron chi connectivity index (χ0n) is 16.8. The normalized spacial score (nSPS) is 17.2. The van der Waals surface area contributed by atoms with Crippen molar-refractivity contribution in [2.75, 3.05) is 49.1 Å². The van der Waals surface area contributed by atoms with Crippen LogP contribution in [0, 0.1) is 0 Å². The van der Waals surface area contributed by atoms with Crippen LogP contribution in [0.2, 0.25) is 5.02 Å². The molecule has 9 nitrogen and oxygen atoms in total. The highest BCUT2D eigenvalue weighted by Crippen LogP contribution is 2.28. The molecular weight excluding hydrogens is 404 g/mol. The molecule has 2 fully saturated rings. The van der Waals surface area contributed by atoms with Crippen LogP contribution in [0.4, 0.5) is 11.6 Å². The van der Waals surface area contributed by atoms with Crippen LogP contribution in [0.3, 0.4) is 0 Å². The Morgan fingerprint density at radius 2 is 1.63 bits per heavy atom. The van der Waals surface area contributed by atoms with Gasteiger partial charge in [0.15, 0.2) is 17.0 Å². The van der Waals surface area contributed by atoms with Crippen molar-refractivity contribution in [1.82, 2.24) is 29.4 Å². The van der Waals surface area contributed by atoms with Gasteiger partial charge in [0.05, 0.1) is 16.9 Å². The minimum absolute atomic E-state index is 0.0152. The zero-order chi connectivity index (χ0) is 20.7. The lowest BCUT2D eigenvalue weighted by molar-refractivity contribution is 0.0792. The van der Waals surface area contributed by atoms with Crippen molar-refractivity contribution in [3.63, 3.8) is 0 Å². The van der Waals surface area contributed by atoms with E-state index in [1.165, 1.54) is 0 Å². The maximum absolute atomic E-state index is 12.6. The number of amides is 1. The standard InChI is InChI=1S/C20H23ClN8O/c1-26-13-25-16-18(26)23-12-24-19(16)28-8-6-27(7-9-28)17-15(21)10-14(11-22-17)20(30)29-4-2-3-5-29/h10-13H,2-9H2,1H3. The summed E-state index contributed by atoms with van der Waals surface area (Å²) >= 11 is 6.53. The monoisotopic (exact) mass is 426 g/mol. The first-order valence-electron chi connectivity index (χ1n) is 10.2. The third-order valence-electron chi connectivity index (χ3n) is 5.82. The van der Waals surface area contributed by atoms with Gasteiger partial charge in [-0.2, -0.15) is 0 Å². The molecule has 30 heavy (non-hydrogen) atoms. The van der Waals surface area contributed by atoms with Gasteiger partial charge in [-0.3, -0.25) is 4.79 Å². The van der Waals surface area contributed by atoms with E-state index in [-0.39, 0.29) is 5.91 Å². The fourth-order valence-electron chi connectivity index (χ4n) is 4.18. The van der Waals surface area contributed by atoms with E-state index in [2.05, 4.69) is 29.7 Å². The summed E-state index contributed by atoms with van der Waals surface area (Å²) in [6, 6.07) is 1.75. The van der Waals surface area contributed by atoms with Gasteiger partial charge in [0, 0.05) is 52.5 Å². The SMILES string of the molecule is Cn1cnc2c(N3CCN(c4ncc(C(=O)N5CCCC5)cc4Cl)CC3)ncnc21. The van der Waals surface area contributed by atoms with Gasteiger partial charge in [0.1, 0.15) is 12.1 Å². The molecule has 5 rings (SSSR count). The number of carbonyl (C=O) groups excluding carboxylic acids is 1. The number of hydrogen-bond acceptors (Lipinski definition) is 7. The Hall–Kier alpha value is -2.94. The fourth-order valence-corrected chi connectivity index (χ4v) is 4.46. The van der Waals surface area contributed by atoms with Gasteiger partial charge in [-0.15, -0.1) is 0 Å². The molecule has 0 aliphatic carbocycles. The van der Waals surface area contributed by atoms with Crippen molar-refractivity contribution in [2.45, 2.75) is 12.8 Å². The Balaban J connectivity index is 1.30. The summed E-state index contributed by atoms with van der Waals surface area (Å²) in [4.78, 5) is 36.6. The van der Waals surface area contributed by atoms with Crippen molar-refractivity contribution < 1.29 is 4.79 Å². The summed E-state index contributed by atoms with van der Waals surface area (Å²) in [5.74, 6) is 1.59. The second-order valence-electron chi connectivity index (χ2n) is 7.73. The molecule has 0 aromatic carbocycles. The average Bonchev–Trinajstić information content (AvgIpc) is 3.44. The van der Waals surface area contributed by atoms with Crippen LogP contribution >= 0.6 is 11.6 Å². The van der Waals surface area contributed by atoms with Crippen LogP contribution in [-0.4, -0.2) is 74.6 Å². The molecule has 5 heterocycles. The summed E-state index contributed by atoms with van der Waals surface area (Å²) in [7, 11) is 1.93. The first-order valence-corrected chi connectivity index (χ1v) is 10.6. The lowest BCUT2D eigenvalue weighted by Crippen LogP contribution is -2.47. The molecule has 0 saturated carbocycles. The molecule has 156 valence electrons. The van der Waals surface area contributed by atoms with E-state index in [0.29, 0.717) is 10.6 Å². The van der Waals surface area contributed by atoms with Gasteiger partial charge < -0.3 is 19.3 Å². The Kier molecular flexibility index (Phi) is 4.90. The predicted octanol–water partition coefficient (Wildman–Crippen LogP) is 1.97. The predicted molar refractivity (Wildman–Crippen MR) is 115 cm³/mol. The molecule has 0 unspecified atom stereocenters. The first-order chi connectivity index (χ1) is 14.6. The van der Waals surface area contributed by atoms with Gasteiger partial charge in [-0.05, 0) is 18.9 Å². The van der Waals surface area contributed by atoms with E-state index in [4.69, 9.17) is 11.6 Å². The topological polar surface area (TPSA) is 83.3 Å². The molecule has 10 heteroatoms. The molecule has 0 N–H and O–H groups in total. The van der Waals surface area contributed by atoms with Crippen LogP contribution < -0.4 is 9.80 Å². The molecule has 3 aromatic rings. The summed E-state index contributed by atoms with van der Waals surface area (Å²) in [6.45, 7) is 4.68. The van der Waals surface area contributed by atoms with Crippen molar-refractivity contribution in [2.24, 2.45) is 7.05 Å². The largest absolute Gasteiger partial charge is 0.352 e. The van der Waals surface area contributed by atoms with Gasteiger partial charge in [-0.25, -0.2) is 19.9 Å². The molecule has 0 spiro atoms. The minimum atomic E-state index is 0.0152. The number of aromatic nitrogens is 5. The zero-order valence-corrected chi connectivity index (χ0v) is 17.6. The van der Waals surface area contributed by atoms with Gasteiger partial charge in [-0.1, -0.05) is 11.6 Å². The molecule has 2 saturated heterocycles. The maximum Gasteiger partial charge on any atom is 0.255 e. The number of rotatable bonds is 3.